The second kappa shape index (κ2) is 6.04. The van der Waals surface area contributed by atoms with Crippen molar-refractivity contribution in [1.29, 1.82) is 0 Å². The normalized spacial score (nSPS) is 10.3. The summed E-state index contributed by atoms with van der Waals surface area (Å²) in [6.07, 6.45) is 1.38. The van der Waals surface area contributed by atoms with Gasteiger partial charge in [-0.25, -0.2) is 9.37 Å². The monoisotopic (exact) mass is 301 g/mol. The molecule has 2 aromatic rings. The Morgan fingerprint density at radius 2 is 2.11 bits per heavy atom. The first kappa shape index (κ1) is 13.8. The average molecular weight is 302 g/mol. The summed E-state index contributed by atoms with van der Waals surface area (Å²) in [5.41, 5.74) is 0. The predicted octanol–water partition coefficient (Wildman–Crippen LogP) is 4.15. The Balaban J connectivity index is 2.32. The fourth-order valence-electron chi connectivity index (χ4n) is 1.33. The zero-order valence-corrected chi connectivity index (χ0v) is 11.5. The lowest BCUT2D eigenvalue weighted by atomic mass is 10.3. The van der Waals surface area contributed by atoms with E-state index in [1.54, 1.807) is 6.07 Å². The SMILES string of the molecule is CCNc1ncc(Cl)c(Oc2cccc(Cl)c2F)n1. The number of benzene rings is 1. The smallest absolute Gasteiger partial charge is 0.243 e. The van der Waals surface area contributed by atoms with E-state index in [1.165, 1.54) is 18.3 Å². The minimum Gasteiger partial charge on any atom is -0.434 e. The van der Waals surface area contributed by atoms with Gasteiger partial charge in [0.05, 0.1) is 11.2 Å². The maximum Gasteiger partial charge on any atom is 0.243 e. The third kappa shape index (κ3) is 3.24. The third-order valence-corrected chi connectivity index (χ3v) is 2.72. The van der Waals surface area contributed by atoms with Gasteiger partial charge < -0.3 is 10.1 Å². The van der Waals surface area contributed by atoms with Crippen LogP contribution in [-0.2, 0) is 0 Å². The van der Waals surface area contributed by atoms with E-state index >= 15 is 0 Å². The molecule has 1 aromatic heterocycles. The van der Waals surface area contributed by atoms with Gasteiger partial charge in [-0.2, -0.15) is 4.98 Å². The number of nitrogens with one attached hydrogen (secondary N) is 1. The van der Waals surface area contributed by atoms with Crippen LogP contribution in [0.25, 0.3) is 0 Å². The van der Waals surface area contributed by atoms with Gasteiger partial charge in [-0.1, -0.05) is 29.3 Å². The van der Waals surface area contributed by atoms with E-state index in [4.69, 9.17) is 27.9 Å². The van der Waals surface area contributed by atoms with Crippen LogP contribution in [0.2, 0.25) is 10.0 Å². The van der Waals surface area contributed by atoms with Gasteiger partial charge in [-0.3, -0.25) is 0 Å². The van der Waals surface area contributed by atoms with Crippen molar-refractivity contribution in [3.8, 4) is 11.6 Å². The molecule has 1 N–H and O–H groups in total. The van der Waals surface area contributed by atoms with E-state index in [0.29, 0.717) is 12.5 Å². The second-order valence-corrected chi connectivity index (χ2v) is 4.35. The number of anilines is 1. The molecule has 0 unspecified atom stereocenters. The summed E-state index contributed by atoms with van der Waals surface area (Å²) < 4.78 is 19.0. The van der Waals surface area contributed by atoms with Gasteiger partial charge in [0, 0.05) is 6.54 Å². The van der Waals surface area contributed by atoms with Gasteiger partial charge in [-0.05, 0) is 19.1 Å². The van der Waals surface area contributed by atoms with Crippen molar-refractivity contribution >= 4 is 29.2 Å². The van der Waals surface area contributed by atoms with Crippen LogP contribution in [0.3, 0.4) is 0 Å². The number of ether oxygens (including phenoxy) is 1. The van der Waals surface area contributed by atoms with Crippen molar-refractivity contribution in [2.75, 3.05) is 11.9 Å². The summed E-state index contributed by atoms with van der Waals surface area (Å²) in [5.74, 6) is -0.294. The second-order valence-electron chi connectivity index (χ2n) is 3.53. The van der Waals surface area contributed by atoms with Gasteiger partial charge in [0.15, 0.2) is 11.6 Å². The van der Waals surface area contributed by atoms with Crippen LogP contribution in [0, 0.1) is 5.82 Å². The molecule has 1 aromatic carbocycles. The summed E-state index contributed by atoms with van der Waals surface area (Å²) in [5, 5.41) is 3.05. The summed E-state index contributed by atoms with van der Waals surface area (Å²) >= 11 is 11.6. The highest BCUT2D eigenvalue weighted by molar-refractivity contribution is 6.31. The van der Waals surface area contributed by atoms with Crippen molar-refractivity contribution in [3.05, 3.63) is 40.3 Å². The molecular formula is C12H10Cl2FN3O. The number of rotatable bonds is 4. The van der Waals surface area contributed by atoms with Crippen LogP contribution in [0.4, 0.5) is 10.3 Å². The topological polar surface area (TPSA) is 47.0 Å². The Hall–Kier alpha value is -1.59. The van der Waals surface area contributed by atoms with Crippen LogP contribution in [0.5, 0.6) is 11.6 Å². The molecule has 0 spiro atoms. The Morgan fingerprint density at radius 1 is 1.32 bits per heavy atom. The molecule has 7 heteroatoms. The van der Waals surface area contributed by atoms with Gasteiger partial charge in [0.2, 0.25) is 11.8 Å². The van der Waals surface area contributed by atoms with Crippen molar-refractivity contribution in [2.45, 2.75) is 6.92 Å². The van der Waals surface area contributed by atoms with Gasteiger partial charge >= 0.3 is 0 Å². The van der Waals surface area contributed by atoms with Crippen LogP contribution >= 0.6 is 23.2 Å². The van der Waals surface area contributed by atoms with E-state index in [2.05, 4.69) is 15.3 Å². The molecule has 4 nitrogen and oxygen atoms in total. The van der Waals surface area contributed by atoms with Crippen molar-refractivity contribution < 1.29 is 9.13 Å². The Labute approximate surface area is 119 Å². The first-order valence-electron chi connectivity index (χ1n) is 5.50. The predicted molar refractivity (Wildman–Crippen MR) is 72.7 cm³/mol. The molecule has 2 rings (SSSR count). The van der Waals surface area contributed by atoms with Crippen LogP contribution < -0.4 is 10.1 Å². The maximum atomic E-state index is 13.7. The van der Waals surface area contributed by atoms with Crippen molar-refractivity contribution in [2.24, 2.45) is 0 Å². The molecule has 0 aliphatic heterocycles. The lowest BCUT2D eigenvalue weighted by Gasteiger charge is -2.09. The minimum absolute atomic E-state index is 0.0328. The van der Waals surface area contributed by atoms with Crippen LogP contribution in [0.15, 0.2) is 24.4 Å². The third-order valence-electron chi connectivity index (χ3n) is 2.17. The van der Waals surface area contributed by atoms with E-state index in [1.807, 2.05) is 6.92 Å². The first-order chi connectivity index (χ1) is 9.11. The molecule has 19 heavy (non-hydrogen) atoms. The fourth-order valence-corrected chi connectivity index (χ4v) is 1.63. The molecule has 0 atom stereocenters. The fraction of sp³-hybridized carbons (Fsp3) is 0.167. The van der Waals surface area contributed by atoms with Gasteiger partial charge in [-0.15, -0.1) is 0 Å². The number of nitrogens with zero attached hydrogens (tertiary/aromatic N) is 2. The Bertz CT molecular complexity index is 595. The number of halogens is 3. The number of aromatic nitrogens is 2. The number of hydrogen-bond donors (Lipinski definition) is 1. The highest BCUT2D eigenvalue weighted by Crippen LogP contribution is 2.31. The molecule has 100 valence electrons. The quantitative estimate of drug-likeness (QED) is 0.921. The molecule has 0 amide bonds. The largest absolute Gasteiger partial charge is 0.434 e. The number of hydrogen-bond acceptors (Lipinski definition) is 4. The molecule has 0 saturated heterocycles. The minimum atomic E-state index is -0.663. The molecule has 0 radical (unpaired) electrons. The molecule has 0 fully saturated rings. The maximum absolute atomic E-state index is 13.7. The van der Waals surface area contributed by atoms with Crippen molar-refractivity contribution in [3.63, 3.8) is 0 Å². The molecule has 0 aliphatic rings. The highest BCUT2D eigenvalue weighted by Gasteiger charge is 2.12. The van der Waals surface area contributed by atoms with Gasteiger partial charge in [0.25, 0.3) is 0 Å². The van der Waals surface area contributed by atoms with Crippen LogP contribution in [0.1, 0.15) is 6.92 Å². The van der Waals surface area contributed by atoms with E-state index < -0.39 is 5.82 Å². The van der Waals surface area contributed by atoms with Crippen molar-refractivity contribution in [1.82, 2.24) is 9.97 Å². The average Bonchev–Trinajstić information content (AvgIpc) is 2.39. The molecule has 0 saturated carbocycles. The van der Waals surface area contributed by atoms with E-state index in [0.717, 1.165) is 0 Å². The standard InChI is InChI=1S/C12H10Cl2FN3O/c1-2-16-12-17-6-8(14)11(18-12)19-9-5-3-4-7(13)10(9)15/h3-6H,2H2,1H3,(H,16,17,18). The molecule has 1 heterocycles. The highest BCUT2D eigenvalue weighted by atomic mass is 35.5. The lowest BCUT2D eigenvalue weighted by Crippen LogP contribution is -2.03. The summed E-state index contributed by atoms with van der Waals surface area (Å²) in [4.78, 5) is 8.00. The zero-order valence-electron chi connectivity index (χ0n) is 9.95. The Morgan fingerprint density at radius 3 is 2.84 bits per heavy atom. The van der Waals surface area contributed by atoms with Gasteiger partial charge in [0.1, 0.15) is 5.02 Å². The van der Waals surface area contributed by atoms with Crippen LogP contribution in [-0.4, -0.2) is 16.5 Å². The Kier molecular flexibility index (Phi) is 4.39. The molecule has 0 aliphatic carbocycles. The summed E-state index contributed by atoms with van der Waals surface area (Å²) in [7, 11) is 0. The first-order valence-corrected chi connectivity index (χ1v) is 6.25. The molecule has 0 bridgehead atoms. The summed E-state index contributed by atoms with van der Waals surface area (Å²) in [6, 6.07) is 4.43. The lowest BCUT2D eigenvalue weighted by molar-refractivity contribution is 0.427. The van der Waals surface area contributed by atoms with E-state index in [-0.39, 0.29) is 21.7 Å². The zero-order chi connectivity index (χ0) is 13.8. The van der Waals surface area contributed by atoms with E-state index in [9.17, 15) is 4.39 Å². The summed E-state index contributed by atoms with van der Waals surface area (Å²) in [6.45, 7) is 2.54. The molecular weight excluding hydrogens is 292 g/mol.